The number of carboxylic acid groups (broad SMARTS) is 1. The van der Waals surface area contributed by atoms with E-state index in [1.165, 1.54) is 16.7 Å². The zero-order valence-corrected chi connectivity index (χ0v) is 20.4. The zero-order valence-electron chi connectivity index (χ0n) is 20.4. The first-order valence-corrected chi connectivity index (χ1v) is 11.1. The van der Waals surface area contributed by atoms with Crippen LogP contribution in [-0.2, 0) is 11.2 Å². The first kappa shape index (κ1) is 25.1. The van der Waals surface area contributed by atoms with Gasteiger partial charge < -0.3 is 20.8 Å². The number of carboxylic acids is 1. The molecule has 172 valence electrons. The van der Waals surface area contributed by atoms with E-state index in [0.29, 0.717) is 18.6 Å². The fourth-order valence-corrected chi connectivity index (χ4v) is 3.78. The van der Waals surface area contributed by atoms with Crippen LogP contribution >= 0.6 is 0 Å². The van der Waals surface area contributed by atoms with Crippen molar-refractivity contribution in [2.24, 2.45) is 4.99 Å². The molecule has 0 spiro atoms. The lowest BCUT2D eigenvalue weighted by atomic mass is 10.0. The minimum atomic E-state index is -0.828. The van der Waals surface area contributed by atoms with Crippen molar-refractivity contribution in [3.05, 3.63) is 56.0 Å². The molecule has 32 heavy (non-hydrogen) atoms. The number of nitrogens with one attached hydrogen (secondary N) is 3. The van der Waals surface area contributed by atoms with Crippen molar-refractivity contribution in [3.8, 4) is 0 Å². The van der Waals surface area contributed by atoms with E-state index >= 15 is 0 Å². The second-order valence-electron chi connectivity index (χ2n) is 8.42. The van der Waals surface area contributed by atoms with Crippen LogP contribution < -0.4 is 16.0 Å². The average molecular weight is 437 g/mol. The second kappa shape index (κ2) is 10.9. The molecule has 0 saturated heterocycles. The molecule has 1 aliphatic rings. The first-order valence-electron chi connectivity index (χ1n) is 11.1. The highest BCUT2D eigenvalue weighted by Gasteiger charge is 2.15. The maximum Gasteiger partial charge on any atom is 0.303 e. The van der Waals surface area contributed by atoms with Crippen molar-refractivity contribution in [2.45, 2.75) is 67.2 Å². The summed E-state index contributed by atoms with van der Waals surface area (Å²) in [6.45, 7) is 12.4. The first-order chi connectivity index (χ1) is 15.1. The summed E-state index contributed by atoms with van der Waals surface area (Å²) >= 11 is 0. The minimum absolute atomic E-state index is 0.0789. The third-order valence-electron chi connectivity index (χ3n) is 5.83. The minimum Gasteiger partial charge on any atom is -0.481 e. The van der Waals surface area contributed by atoms with E-state index in [-0.39, 0.29) is 6.42 Å². The Hall–Kier alpha value is -3.15. The summed E-state index contributed by atoms with van der Waals surface area (Å²) in [5, 5.41) is 22.5. The Balaban J connectivity index is 2.46. The van der Waals surface area contributed by atoms with E-state index in [2.05, 4.69) is 50.1 Å². The van der Waals surface area contributed by atoms with Crippen molar-refractivity contribution in [2.75, 3.05) is 7.05 Å². The predicted octanol–water partition coefficient (Wildman–Crippen LogP) is 3.91. The van der Waals surface area contributed by atoms with Crippen LogP contribution in [0.25, 0.3) is 12.2 Å². The van der Waals surface area contributed by atoms with Gasteiger partial charge in [-0.15, -0.1) is 0 Å². The van der Waals surface area contributed by atoms with Gasteiger partial charge in [-0.1, -0.05) is 12.5 Å². The second-order valence-corrected chi connectivity index (χ2v) is 8.42. The van der Waals surface area contributed by atoms with Crippen LogP contribution in [0.5, 0.6) is 0 Å². The van der Waals surface area contributed by atoms with Gasteiger partial charge in [-0.3, -0.25) is 4.79 Å². The summed E-state index contributed by atoms with van der Waals surface area (Å²) in [5.41, 5.74) is 8.79. The predicted molar refractivity (Wildman–Crippen MR) is 134 cm³/mol. The SMILES string of the molecule is CCc1c(C)/c(=C/C(NC)=C(C)C)[nH]c1=CC1=N/C(=C(/C)C(=N)CCCC(=O)O)C=C1C. The molecule has 6 nitrogen and oxygen atoms in total. The highest BCUT2D eigenvalue weighted by atomic mass is 16.4. The highest BCUT2D eigenvalue weighted by Crippen LogP contribution is 2.22. The normalized spacial score (nSPS) is 16.1. The van der Waals surface area contributed by atoms with E-state index in [1.54, 1.807) is 0 Å². The van der Waals surface area contributed by atoms with Crippen molar-refractivity contribution in [1.29, 1.82) is 5.41 Å². The summed E-state index contributed by atoms with van der Waals surface area (Å²) in [6, 6.07) is 0. The van der Waals surface area contributed by atoms with Crippen LogP contribution in [0.1, 0.15) is 65.0 Å². The standard InChI is InChI=1S/C26H36N4O2/c1-8-19-17(5)24(13-21(28-7)15(2)3)30-25(19)14-22-16(4)12-23(29-22)18(6)20(27)10-9-11-26(31)32/h12-14,27-28,30H,8-11H2,1-7H3,(H,31,32)/b23-18-,24-13-,25-14?,27-20?. The number of aliphatic carboxylic acids is 1. The van der Waals surface area contributed by atoms with Crippen LogP contribution in [0.15, 0.2) is 39.2 Å². The third-order valence-corrected chi connectivity index (χ3v) is 5.83. The summed E-state index contributed by atoms with van der Waals surface area (Å²) in [4.78, 5) is 19.1. The quantitative estimate of drug-likeness (QED) is 0.442. The number of aliphatic imine (C=N–C) groups is 1. The smallest absolute Gasteiger partial charge is 0.303 e. The Kier molecular flexibility index (Phi) is 8.58. The van der Waals surface area contributed by atoms with E-state index in [9.17, 15) is 4.79 Å². The van der Waals surface area contributed by atoms with Gasteiger partial charge in [0.1, 0.15) is 0 Å². The molecule has 0 amide bonds. The van der Waals surface area contributed by atoms with Crippen molar-refractivity contribution in [1.82, 2.24) is 10.3 Å². The van der Waals surface area contributed by atoms with Crippen molar-refractivity contribution >= 4 is 29.5 Å². The molecule has 1 aromatic rings. The maximum absolute atomic E-state index is 10.7. The molecule has 1 aromatic heterocycles. The molecule has 1 aliphatic heterocycles. The molecule has 0 bridgehead atoms. The lowest BCUT2D eigenvalue weighted by molar-refractivity contribution is -0.137. The number of nitrogens with zero attached hydrogens (tertiary/aromatic N) is 1. The maximum atomic E-state index is 10.7. The van der Waals surface area contributed by atoms with Gasteiger partial charge in [0.25, 0.3) is 0 Å². The third kappa shape index (κ3) is 5.96. The van der Waals surface area contributed by atoms with Gasteiger partial charge in [-0.25, -0.2) is 4.99 Å². The number of allylic oxidation sites excluding steroid dienone is 5. The molecule has 0 aromatic carbocycles. The van der Waals surface area contributed by atoms with Crippen LogP contribution in [0.2, 0.25) is 0 Å². The van der Waals surface area contributed by atoms with Crippen LogP contribution in [0.4, 0.5) is 0 Å². The highest BCUT2D eigenvalue weighted by molar-refractivity contribution is 6.22. The Bertz CT molecular complexity index is 1150. The number of carbonyl (C=O) groups is 1. The topological polar surface area (TPSA) is 101 Å². The van der Waals surface area contributed by atoms with Crippen molar-refractivity contribution in [3.63, 3.8) is 0 Å². The molecule has 0 fully saturated rings. The molecule has 0 saturated carbocycles. The summed E-state index contributed by atoms with van der Waals surface area (Å²) in [7, 11) is 1.93. The van der Waals surface area contributed by atoms with E-state index in [1.807, 2.05) is 27.0 Å². The molecule has 0 radical (unpaired) electrons. The molecule has 4 N–H and O–H groups in total. The molecule has 6 heteroatoms. The zero-order chi connectivity index (χ0) is 24.0. The molecule has 0 aliphatic carbocycles. The Morgan fingerprint density at radius 1 is 1.22 bits per heavy atom. The number of aromatic nitrogens is 1. The summed E-state index contributed by atoms with van der Waals surface area (Å²) in [5.74, 6) is -0.828. The van der Waals surface area contributed by atoms with Crippen molar-refractivity contribution < 1.29 is 9.90 Å². The fraction of sp³-hybridized carbons (Fsp3) is 0.423. The molecular formula is C26H36N4O2. The number of hydrogen-bond acceptors (Lipinski definition) is 4. The van der Waals surface area contributed by atoms with Gasteiger partial charge in [-0.2, -0.15) is 0 Å². The fourth-order valence-electron chi connectivity index (χ4n) is 3.78. The monoisotopic (exact) mass is 436 g/mol. The van der Waals surface area contributed by atoms with Crippen LogP contribution in [0.3, 0.4) is 0 Å². The Morgan fingerprint density at radius 2 is 1.91 bits per heavy atom. The molecule has 2 rings (SSSR count). The van der Waals surface area contributed by atoms with E-state index in [4.69, 9.17) is 15.5 Å². The largest absolute Gasteiger partial charge is 0.481 e. The van der Waals surface area contributed by atoms with Gasteiger partial charge in [0.05, 0.1) is 11.4 Å². The average Bonchev–Trinajstić information content (AvgIpc) is 3.24. The Morgan fingerprint density at radius 3 is 2.47 bits per heavy atom. The Labute approximate surface area is 190 Å². The number of aromatic amines is 1. The van der Waals surface area contributed by atoms with Gasteiger partial charge in [0.15, 0.2) is 0 Å². The van der Waals surface area contributed by atoms with Crippen LogP contribution in [-0.4, -0.2) is 34.5 Å². The van der Waals surface area contributed by atoms with E-state index in [0.717, 1.165) is 45.4 Å². The van der Waals surface area contributed by atoms with E-state index < -0.39 is 5.97 Å². The molecule has 0 unspecified atom stereocenters. The van der Waals surface area contributed by atoms with Gasteiger partial charge in [0, 0.05) is 35.6 Å². The lowest BCUT2D eigenvalue weighted by Gasteiger charge is -2.04. The number of rotatable bonds is 9. The molecule has 2 heterocycles. The number of H-pyrrole nitrogens is 1. The number of hydrogen-bond donors (Lipinski definition) is 4. The van der Waals surface area contributed by atoms with Gasteiger partial charge in [-0.05, 0) is 94.4 Å². The van der Waals surface area contributed by atoms with Crippen LogP contribution in [0, 0.1) is 12.3 Å². The summed E-state index contributed by atoms with van der Waals surface area (Å²) < 4.78 is 0. The van der Waals surface area contributed by atoms with Gasteiger partial charge in [0.2, 0.25) is 0 Å². The van der Waals surface area contributed by atoms with Gasteiger partial charge >= 0.3 is 5.97 Å². The molecule has 0 atom stereocenters. The summed E-state index contributed by atoms with van der Waals surface area (Å²) in [6.07, 6.45) is 8.14. The lowest BCUT2D eigenvalue weighted by Crippen LogP contribution is -2.16. The molecular weight excluding hydrogens is 400 g/mol.